The molecule has 1 saturated heterocycles. The molecular weight excluding hydrogens is 459 g/mol. The molecule has 1 spiro atoms. The molecule has 3 heterocycles. The van der Waals surface area contributed by atoms with E-state index in [0.717, 1.165) is 17.7 Å². The van der Waals surface area contributed by atoms with Crippen LogP contribution in [0.5, 0.6) is 0 Å². The van der Waals surface area contributed by atoms with E-state index < -0.39 is 12.1 Å². The van der Waals surface area contributed by atoms with Crippen LogP contribution in [-0.2, 0) is 26.2 Å². The summed E-state index contributed by atoms with van der Waals surface area (Å²) in [5.41, 5.74) is 1.54. The number of anilines is 1. The number of carbonyl (C=O) groups excluding carboxylic acids is 3. The Hall–Kier alpha value is -1.84. The van der Waals surface area contributed by atoms with Gasteiger partial charge in [-0.3, -0.25) is 19.3 Å². The Morgan fingerprint density at radius 3 is 2.81 bits per heavy atom. The molecule has 0 radical (unpaired) electrons. The summed E-state index contributed by atoms with van der Waals surface area (Å²) in [4.78, 5) is 45.4. The number of halogens is 2. The number of likely N-dealkylation sites (tertiary alicyclic amines) is 1. The maximum absolute atomic E-state index is 13.2. The monoisotopic (exact) mass is 478 g/mol. The van der Waals surface area contributed by atoms with Crippen LogP contribution in [0.1, 0.15) is 17.0 Å². The molecule has 1 aliphatic carbocycles. The second kappa shape index (κ2) is 7.64. The van der Waals surface area contributed by atoms with Gasteiger partial charge in [0.25, 0.3) is 0 Å². The fraction of sp³-hybridized carbons (Fsp3) is 0.429. The zero-order valence-electron chi connectivity index (χ0n) is 16.7. The Morgan fingerprint density at radius 1 is 1.29 bits per heavy atom. The van der Waals surface area contributed by atoms with Gasteiger partial charge in [-0.2, -0.15) is 0 Å². The average molecular weight is 479 g/mol. The lowest BCUT2D eigenvalue weighted by Gasteiger charge is -2.39. The molecule has 162 valence electrons. The molecule has 0 bridgehead atoms. The standard InChI is InChI=1S/C21H20Cl2N4O3S/c1-24-17-18(20(30)19(17)29)26-5-4-21(9-26)10-27(13-3-2-11(22)6-12(13)21)16(28)7-15-25-8-14(23)31-15/h2-3,6,8,17-18,24H,4-5,7,9-10H2,1H3. The van der Waals surface area contributed by atoms with Gasteiger partial charge in [0.1, 0.15) is 9.34 Å². The van der Waals surface area contributed by atoms with Crippen molar-refractivity contribution in [1.82, 2.24) is 15.2 Å². The number of likely N-dealkylation sites (N-methyl/N-ethyl adjacent to an activating group) is 1. The molecule has 1 N–H and O–H groups in total. The molecule has 1 aromatic carbocycles. The van der Waals surface area contributed by atoms with E-state index >= 15 is 0 Å². The van der Waals surface area contributed by atoms with Crippen molar-refractivity contribution in [3.05, 3.63) is 44.3 Å². The Morgan fingerprint density at radius 2 is 2.10 bits per heavy atom. The van der Waals surface area contributed by atoms with E-state index in [1.807, 2.05) is 12.1 Å². The highest BCUT2D eigenvalue weighted by Crippen LogP contribution is 2.48. The van der Waals surface area contributed by atoms with Crippen LogP contribution in [0.15, 0.2) is 24.4 Å². The van der Waals surface area contributed by atoms with Gasteiger partial charge in [0.2, 0.25) is 17.5 Å². The second-order valence-electron chi connectivity index (χ2n) is 8.32. The summed E-state index contributed by atoms with van der Waals surface area (Å²) in [6.07, 6.45) is 2.51. The molecule has 1 saturated carbocycles. The van der Waals surface area contributed by atoms with Gasteiger partial charge in [-0.05, 0) is 43.8 Å². The van der Waals surface area contributed by atoms with Crippen molar-refractivity contribution >= 4 is 57.7 Å². The smallest absolute Gasteiger partial charge is 0.233 e. The summed E-state index contributed by atoms with van der Waals surface area (Å²) < 4.78 is 0.554. The Kier molecular flexibility index (Phi) is 5.18. The quantitative estimate of drug-likeness (QED) is 0.677. The summed E-state index contributed by atoms with van der Waals surface area (Å²) in [5.74, 6) is -0.746. The topological polar surface area (TPSA) is 82.6 Å². The van der Waals surface area contributed by atoms with Crippen molar-refractivity contribution in [1.29, 1.82) is 0 Å². The first-order chi connectivity index (χ1) is 14.8. The molecule has 2 aliphatic heterocycles. The molecule has 31 heavy (non-hydrogen) atoms. The number of nitrogens with zero attached hydrogens (tertiary/aromatic N) is 3. The first-order valence-corrected chi connectivity index (χ1v) is 11.6. The Balaban J connectivity index is 1.43. The van der Waals surface area contributed by atoms with Gasteiger partial charge in [-0.1, -0.05) is 23.2 Å². The first kappa shape index (κ1) is 21.0. The minimum Gasteiger partial charge on any atom is -0.311 e. The van der Waals surface area contributed by atoms with Crippen LogP contribution in [0.25, 0.3) is 0 Å². The van der Waals surface area contributed by atoms with Crippen LogP contribution in [0, 0.1) is 0 Å². The third-order valence-electron chi connectivity index (χ3n) is 6.61. The number of carbonyl (C=O) groups is 3. The van der Waals surface area contributed by atoms with Gasteiger partial charge in [0.15, 0.2) is 0 Å². The van der Waals surface area contributed by atoms with E-state index in [1.165, 1.54) is 11.3 Å². The van der Waals surface area contributed by atoms with Crippen molar-refractivity contribution < 1.29 is 14.4 Å². The number of thiazole rings is 1. The first-order valence-electron chi connectivity index (χ1n) is 10.0. The SMILES string of the molecule is CNC1C(=O)C(=O)C1N1CCC2(CN(C(=O)Cc3ncc(Cl)s3)c3ccc(Cl)cc32)C1. The summed E-state index contributed by atoms with van der Waals surface area (Å²) in [7, 11) is 1.70. The molecule has 7 nitrogen and oxygen atoms in total. The zero-order chi connectivity index (χ0) is 21.9. The number of rotatable bonds is 4. The number of ketones is 2. The Labute approximate surface area is 193 Å². The number of hydrogen-bond donors (Lipinski definition) is 1. The number of benzene rings is 1. The van der Waals surface area contributed by atoms with Crippen molar-refractivity contribution in [2.75, 3.05) is 31.6 Å². The molecule has 1 amide bonds. The second-order valence-corrected chi connectivity index (χ2v) is 10.5. The van der Waals surface area contributed by atoms with E-state index in [1.54, 1.807) is 24.2 Å². The summed E-state index contributed by atoms with van der Waals surface area (Å²) in [6.45, 7) is 1.78. The van der Waals surface area contributed by atoms with E-state index in [2.05, 4.69) is 15.2 Å². The fourth-order valence-electron chi connectivity index (χ4n) is 5.11. The molecule has 10 heteroatoms. The van der Waals surface area contributed by atoms with Gasteiger partial charge in [0, 0.05) is 29.2 Å². The Bertz CT molecular complexity index is 1110. The minimum absolute atomic E-state index is 0.0482. The molecule has 3 atom stereocenters. The fourth-order valence-corrected chi connectivity index (χ4v) is 6.23. The summed E-state index contributed by atoms with van der Waals surface area (Å²) in [6, 6.07) is 4.70. The van der Waals surface area contributed by atoms with Crippen molar-refractivity contribution in [2.24, 2.45) is 0 Å². The van der Waals surface area contributed by atoms with E-state index in [4.69, 9.17) is 23.2 Å². The molecule has 2 aromatic rings. The highest BCUT2D eigenvalue weighted by molar-refractivity contribution is 7.15. The number of Topliss-reactive ketones (excluding diaryl/α,β-unsaturated/α-hetero) is 2. The normalized spacial score (nSPS) is 27.8. The molecule has 5 rings (SSSR count). The lowest BCUT2D eigenvalue weighted by atomic mass is 9.80. The number of amides is 1. The van der Waals surface area contributed by atoms with E-state index in [0.29, 0.717) is 34.0 Å². The number of hydrogen-bond acceptors (Lipinski definition) is 7. The third-order valence-corrected chi connectivity index (χ3v) is 7.96. The highest BCUT2D eigenvalue weighted by atomic mass is 35.5. The zero-order valence-corrected chi connectivity index (χ0v) is 19.1. The lowest BCUT2D eigenvalue weighted by molar-refractivity contribution is -0.151. The van der Waals surface area contributed by atoms with Gasteiger partial charge >= 0.3 is 0 Å². The van der Waals surface area contributed by atoms with Crippen LogP contribution < -0.4 is 10.2 Å². The number of nitrogens with one attached hydrogen (secondary N) is 1. The molecule has 1 aromatic heterocycles. The molecule has 3 unspecified atom stereocenters. The highest BCUT2D eigenvalue weighted by Gasteiger charge is 2.57. The summed E-state index contributed by atoms with van der Waals surface area (Å²) in [5, 5.41) is 4.25. The van der Waals surface area contributed by atoms with Crippen LogP contribution >= 0.6 is 34.5 Å². The molecule has 3 aliphatic rings. The van der Waals surface area contributed by atoms with E-state index in [-0.39, 0.29) is 29.3 Å². The number of fused-ring (bicyclic) bond motifs is 2. The van der Waals surface area contributed by atoms with Gasteiger partial charge < -0.3 is 10.2 Å². The summed E-state index contributed by atoms with van der Waals surface area (Å²) >= 11 is 13.6. The van der Waals surface area contributed by atoms with Crippen molar-refractivity contribution in [3.63, 3.8) is 0 Å². The van der Waals surface area contributed by atoms with Crippen LogP contribution in [0.4, 0.5) is 5.69 Å². The van der Waals surface area contributed by atoms with Crippen molar-refractivity contribution in [2.45, 2.75) is 30.3 Å². The van der Waals surface area contributed by atoms with Crippen LogP contribution in [-0.4, -0.2) is 66.1 Å². The van der Waals surface area contributed by atoms with Crippen molar-refractivity contribution in [3.8, 4) is 0 Å². The maximum Gasteiger partial charge on any atom is 0.233 e. The minimum atomic E-state index is -0.463. The maximum atomic E-state index is 13.2. The third kappa shape index (κ3) is 3.32. The predicted octanol–water partition coefficient (Wildman–Crippen LogP) is 2.09. The van der Waals surface area contributed by atoms with E-state index in [9.17, 15) is 14.4 Å². The number of aromatic nitrogens is 1. The van der Waals surface area contributed by atoms with Gasteiger partial charge in [0.05, 0.1) is 24.7 Å². The lowest BCUT2D eigenvalue weighted by Crippen LogP contribution is -2.69. The molecular formula is C21H20Cl2N4O3S. The van der Waals surface area contributed by atoms with Gasteiger partial charge in [-0.15, -0.1) is 11.3 Å². The average Bonchev–Trinajstić information content (AvgIpc) is 3.44. The largest absolute Gasteiger partial charge is 0.311 e. The van der Waals surface area contributed by atoms with Crippen LogP contribution in [0.2, 0.25) is 9.36 Å². The van der Waals surface area contributed by atoms with Crippen LogP contribution in [0.3, 0.4) is 0 Å². The predicted molar refractivity (Wildman–Crippen MR) is 119 cm³/mol. The molecule has 2 fully saturated rings. The van der Waals surface area contributed by atoms with Gasteiger partial charge in [-0.25, -0.2) is 4.98 Å².